The number of rotatable bonds is 4. The van der Waals surface area contributed by atoms with E-state index in [2.05, 4.69) is 50.1 Å². The van der Waals surface area contributed by atoms with Gasteiger partial charge in [-0.15, -0.1) is 11.3 Å². The molecule has 0 aliphatic carbocycles. The minimum Gasteiger partial charge on any atom is -0.370 e. The molecule has 90 valence electrons. The quantitative estimate of drug-likeness (QED) is 0.627. The molecule has 1 rings (SSSR count). The van der Waals surface area contributed by atoms with E-state index >= 15 is 0 Å². The van der Waals surface area contributed by atoms with E-state index in [4.69, 9.17) is 5.73 Å². The van der Waals surface area contributed by atoms with E-state index < -0.39 is 0 Å². The number of aliphatic imine (C=N–C) groups is 1. The van der Waals surface area contributed by atoms with Crippen molar-refractivity contribution in [2.24, 2.45) is 16.6 Å². The number of aryl methyl sites for hydroxylation is 1. The molecule has 1 unspecified atom stereocenters. The molecule has 0 bridgehead atoms. The first-order chi connectivity index (χ1) is 7.49. The molecule has 4 heteroatoms. The van der Waals surface area contributed by atoms with Crippen molar-refractivity contribution in [1.82, 2.24) is 5.32 Å². The van der Waals surface area contributed by atoms with Crippen molar-refractivity contribution in [3.63, 3.8) is 0 Å². The van der Waals surface area contributed by atoms with Crippen LogP contribution in [0, 0.1) is 12.8 Å². The molecule has 0 fully saturated rings. The van der Waals surface area contributed by atoms with Gasteiger partial charge in [-0.05, 0) is 31.9 Å². The van der Waals surface area contributed by atoms with Gasteiger partial charge in [0.15, 0.2) is 5.96 Å². The maximum absolute atomic E-state index is 5.81. The Morgan fingerprint density at radius 1 is 1.44 bits per heavy atom. The Bertz CT molecular complexity index is 355. The van der Waals surface area contributed by atoms with Crippen molar-refractivity contribution in [1.29, 1.82) is 0 Å². The van der Waals surface area contributed by atoms with E-state index in [1.54, 1.807) is 11.3 Å². The normalized spacial score (nSPS) is 14.2. The average Bonchev–Trinajstić information content (AvgIpc) is 2.62. The van der Waals surface area contributed by atoms with Crippen LogP contribution in [0.15, 0.2) is 17.1 Å². The molecule has 0 aliphatic heterocycles. The maximum atomic E-state index is 5.81. The number of nitrogens with two attached hydrogens (primary N) is 1. The maximum Gasteiger partial charge on any atom is 0.189 e. The summed E-state index contributed by atoms with van der Waals surface area (Å²) < 4.78 is 0. The molecule has 0 aromatic carbocycles. The molecule has 3 N–H and O–H groups in total. The Kier molecular flexibility index (Phi) is 4.80. The second-order valence-corrected chi connectivity index (χ2v) is 5.75. The summed E-state index contributed by atoms with van der Waals surface area (Å²) >= 11 is 1.79. The number of nitrogens with zero attached hydrogens (tertiary/aromatic N) is 1. The summed E-state index contributed by atoms with van der Waals surface area (Å²) in [5.74, 6) is 1.08. The Labute approximate surface area is 102 Å². The minimum absolute atomic E-state index is 0.231. The number of hydrogen-bond acceptors (Lipinski definition) is 2. The molecular formula is C12H21N3S. The van der Waals surface area contributed by atoms with Gasteiger partial charge in [-0.2, -0.15) is 0 Å². The summed E-state index contributed by atoms with van der Waals surface area (Å²) in [6, 6.07) is 4.49. The van der Waals surface area contributed by atoms with E-state index in [0.717, 1.165) is 6.54 Å². The van der Waals surface area contributed by atoms with E-state index in [0.29, 0.717) is 11.9 Å². The number of nitrogens with one attached hydrogen (secondary N) is 1. The van der Waals surface area contributed by atoms with E-state index in [9.17, 15) is 0 Å². The van der Waals surface area contributed by atoms with Gasteiger partial charge in [0.25, 0.3) is 0 Å². The molecule has 16 heavy (non-hydrogen) atoms. The number of thiophene rings is 1. The van der Waals surface area contributed by atoms with Crippen molar-refractivity contribution in [3.8, 4) is 0 Å². The van der Waals surface area contributed by atoms with Crippen LogP contribution >= 0.6 is 11.3 Å². The topological polar surface area (TPSA) is 50.4 Å². The monoisotopic (exact) mass is 239 g/mol. The van der Waals surface area contributed by atoms with Gasteiger partial charge in [0.05, 0.1) is 6.04 Å². The molecular weight excluding hydrogens is 218 g/mol. The van der Waals surface area contributed by atoms with Gasteiger partial charge in [-0.25, -0.2) is 0 Å². The Morgan fingerprint density at radius 3 is 2.62 bits per heavy atom. The van der Waals surface area contributed by atoms with Crippen LogP contribution in [0.3, 0.4) is 0 Å². The lowest BCUT2D eigenvalue weighted by atomic mass is 10.2. The standard InChI is InChI=1S/C12H21N3S/c1-8(2)7-14-12(13)15-10(4)11-6-5-9(3)16-11/h5-6,8,10H,7H2,1-4H3,(H3,13,14,15). The van der Waals surface area contributed by atoms with Crippen molar-refractivity contribution in [3.05, 3.63) is 21.9 Å². The van der Waals surface area contributed by atoms with Crippen LogP contribution < -0.4 is 11.1 Å². The fraction of sp³-hybridized carbons (Fsp3) is 0.583. The first kappa shape index (κ1) is 13.0. The second-order valence-electron chi connectivity index (χ2n) is 4.43. The van der Waals surface area contributed by atoms with Crippen molar-refractivity contribution >= 4 is 17.3 Å². The second kappa shape index (κ2) is 5.89. The van der Waals surface area contributed by atoms with Crippen LogP contribution in [0.5, 0.6) is 0 Å². The smallest absolute Gasteiger partial charge is 0.189 e. The van der Waals surface area contributed by atoms with Crippen LogP contribution in [0.1, 0.15) is 36.6 Å². The minimum atomic E-state index is 0.231. The van der Waals surface area contributed by atoms with Crippen LogP contribution in [0.25, 0.3) is 0 Å². The lowest BCUT2D eigenvalue weighted by Crippen LogP contribution is -2.33. The van der Waals surface area contributed by atoms with Gasteiger partial charge in [-0.1, -0.05) is 13.8 Å². The summed E-state index contributed by atoms with van der Waals surface area (Å²) in [4.78, 5) is 6.90. The highest BCUT2D eigenvalue weighted by molar-refractivity contribution is 7.12. The predicted octanol–water partition coefficient (Wildman–Crippen LogP) is 2.68. The number of guanidine groups is 1. The molecule has 3 nitrogen and oxygen atoms in total. The molecule has 0 saturated heterocycles. The molecule has 0 radical (unpaired) electrons. The zero-order chi connectivity index (χ0) is 12.1. The summed E-state index contributed by atoms with van der Waals surface area (Å²) in [7, 11) is 0. The van der Waals surface area contributed by atoms with E-state index in [-0.39, 0.29) is 6.04 Å². The highest BCUT2D eigenvalue weighted by Gasteiger charge is 2.07. The fourth-order valence-electron chi connectivity index (χ4n) is 1.31. The SMILES string of the molecule is Cc1ccc(C(C)NC(N)=NCC(C)C)s1. The largest absolute Gasteiger partial charge is 0.370 e. The summed E-state index contributed by atoms with van der Waals surface area (Å²) in [6.07, 6.45) is 0. The highest BCUT2D eigenvalue weighted by atomic mass is 32.1. The van der Waals surface area contributed by atoms with Gasteiger partial charge in [-0.3, -0.25) is 4.99 Å². The molecule has 1 aromatic heterocycles. The Hall–Kier alpha value is -1.03. The van der Waals surface area contributed by atoms with Crippen molar-refractivity contribution in [2.45, 2.75) is 33.7 Å². The summed E-state index contributed by atoms with van der Waals surface area (Å²) in [5.41, 5.74) is 5.81. The Morgan fingerprint density at radius 2 is 2.12 bits per heavy atom. The van der Waals surface area contributed by atoms with Gasteiger partial charge >= 0.3 is 0 Å². The van der Waals surface area contributed by atoms with Gasteiger partial charge < -0.3 is 11.1 Å². The van der Waals surface area contributed by atoms with Crippen LogP contribution in [-0.2, 0) is 0 Å². The molecule has 1 aromatic rings. The lowest BCUT2D eigenvalue weighted by Gasteiger charge is -2.13. The third kappa shape index (κ3) is 4.23. The summed E-state index contributed by atoms with van der Waals surface area (Å²) in [5, 5.41) is 3.20. The third-order valence-corrected chi connectivity index (χ3v) is 3.36. The van der Waals surface area contributed by atoms with E-state index in [1.807, 2.05) is 0 Å². The van der Waals surface area contributed by atoms with Gasteiger partial charge in [0.1, 0.15) is 0 Å². The highest BCUT2D eigenvalue weighted by Crippen LogP contribution is 2.21. The van der Waals surface area contributed by atoms with Crippen molar-refractivity contribution < 1.29 is 0 Å². The first-order valence-corrected chi connectivity index (χ1v) is 6.43. The lowest BCUT2D eigenvalue weighted by molar-refractivity contribution is 0.653. The zero-order valence-electron chi connectivity index (χ0n) is 10.4. The van der Waals surface area contributed by atoms with Gasteiger partial charge in [0, 0.05) is 16.3 Å². The summed E-state index contributed by atoms with van der Waals surface area (Å²) in [6.45, 7) is 9.24. The number of hydrogen-bond donors (Lipinski definition) is 2. The molecule has 0 saturated carbocycles. The molecule has 1 atom stereocenters. The van der Waals surface area contributed by atoms with Gasteiger partial charge in [0.2, 0.25) is 0 Å². The van der Waals surface area contributed by atoms with Crippen LogP contribution in [0.4, 0.5) is 0 Å². The molecule has 0 amide bonds. The van der Waals surface area contributed by atoms with Crippen molar-refractivity contribution in [2.75, 3.05) is 6.54 Å². The van der Waals surface area contributed by atoms with Crippen LogP contribution in [0.2, 0.25) is 0 Å². The van der Waals surface area contributed by atoms with Crippen LogP contribution in [-0.4, -0.2) is 12.5 Å². The molecule has 0 spiro atoms. The first-order valence-electron chi connectivity index (χ1n) is 5.62. The third-order valence-electron chi connectivity index (χ3n) is 2.18. The Balaban J connectivity index is 2.51. The average molecular weight is 239 g/mol. The molecule has 0 aliphatic rings. The van der Waals surface area contributed by atoms with E-state index in [1.165, 1.54) is 9.75 Å². The predicted molar refractivity (Wildman–Crippen MR) is 71.9 cm³/mol. The fourth-order valence-corrected chi connectivity index (χ4v) is 2.19. The molecule has 1 heterocycles. The zero-order valence-corrected chi connectivity index (χ0v) is 11.3.